The van der Waals surface area contributed by atoms with E-state index in [4.69, 9.17) is 4.74 Å². The highest BCUT2D eigenvalue weighted by atomic mass is 16.5. The number of para-hydroxylation sites is 1. The number of aromatic nitrogens is 1. The van der Waals surface area contributed by atoms with E-state index in [0.29, 0.717) is 17.7 Å². The number of fused-ring (bicyclic) bond motifs is 1. The largest absolute Gasteiger partial charge is 0.484 e. The summed E-state index contributed by atoms with van der Waals surface area (Å²) in [5.74, 6) is 0.383. The zero-order valence-corrected chi connectivity index (χ0v) is 10.6. The van der Waals surface area contributed by atoms with Crippen molar-refractivity contribution in [2.75, 3.05) is 6.61 Å². The second kappa shape index (κ2) is 5.14. The minimum atomic E-state index is -0.0544. The molecule has 3 nitrogen and oxygen atoms in total. The smallest absolute Gasteiger partial charge is 0.231 e. The van der Waals surface area contributed by atoms with Crippen LogP contribution in [0.15, 0.2) is 59.1 Å². The molecule has 1 aliphatic carbocycles. The summed E-state index contributed by atoms with van der Waals surface area (Å²) in [6.45, 7) is 0.478. The standard InChI is InChI=1S/C16H15NO2/c18-16-13-8-4-5-9-14(13)17-10-15(16)19-11-12-6-2-1-3-7-12/h1-2,4-6,8-10H,3,7,11H2,(H,17,18). The summed E-state index contributed by atoms with van der Waals surface area (Å²) >= 11 is 0. The molecule has 0 spiro atoms. The van der Waals surface area contributed by atoms with Crippen molar-refractivity contribution < 1.29 is 4.74 Å². The first-order chi connectivity index (χ1) is 9.34. The first kappa shape index (κ1) is 11.8. The van der Waals surface area contributed by atoms with E-state index in [9.17, 15) is 4.79 Å². The Kier molecular flexibility index (Phi) is 3.19. The van der Waals surface area contributed by atoms with Gasteiger partial charge in [-0.3, -0.25) is 4.79 Å². The summed E-state index contributed by atoms with van der Waals surface area (Å²) in [6, 6.07) is 7.45. The number of aromatic amines is 1. The van der Waals surface area contributed by atoms with Gasteiger partial charge in [0.15, 0.2) is 5.75 Å². The number of nitrogens with one attached hydrogen (secondary N) is 1. The second-order valence-corrected chi connectivity index (χ2v) is 4.61. The topological polar surface area (TPSA) is 42.1 Å². The van der Waals surface area contributed by atoms with Gasteiger partial charge in [-0.15, -0.1) is 0 Å². The Labute approximate surface area is 111 Å². The first-order valence-electron chi connectivity index (χ1n) is 6.42. The number of hydrogen-bond donors (Lipinski definition) is 1. The maximum Gasteiger partial charge on any atom is 0.231 e. The number of benzene rings is 1. The maximum atomic E-state index is 12.2. The Morgan fingerprint density at radius 1 is 1.26 bits per heavy atom. The lowest BCUT2D eigenvalue weighted by atomic mass is 10.1. The van der Waals surface area contributed by atoms with Gasteiger partial charge in [0.1, 0.15) is 6.61 Å². The van der Waals surface area contributed by atoms with E-state index in [1.165, 1.54) is 5.57 Å². The van der Waals surface area contributed by atoms with Crippen LogP contribution in [0.3, 0.4) is 0 Å². The Morgan fingerprint density at radius 3 is 3.00 bits per heavy atom. The van der Waals surface area contributed by atoms with Gasteiger partial charge in [0.2, 0.25) is 5.43 Å². The normalized spacial score (nSPS) is 14.4. The number of H-pyrrole nitrogens is 1. The quantitative estimate of drug-likeness (QED) is 0.912. The molecule has 0 aliphatic heterocycles. The molecule has 1 aromatic carbocycles. The molecule has 0 atom stereocenters. The highest BCUT2D eigenvalue weighted by Crippen LogP contribution is 2.15. The minimum absolute atomic E-state index is 0.0544. The molecule has 3 heteroatoms. The first-order valence-corrected chi connectivity index (χ1v) is 6.42. The monoisotopic (exact) mass is 253 g/mol. The summed E-state index contributed by atoms with van der Waals surface area (Å²) in [4.78, 5) is 15.3. The van der Waals surface area contributed by atoms with Crippen LogP contribution < -0.4 is 10.2 Å². The Balaban J connectivity index is 1.85. The van der Waals surface area contributed by atoms with Gasteiger partial charge in [0.25, 0.3) is 0 Å². The molecule has 2 aromatic rings. The zero-order chi connectivity index (χ0) is 13.1. The van der Waals surface area contributed by atoms with Crippen molar-refractivity contribution in [3.05, 3.63) is 64.5 Å². The highest BCUT2D eigenvalue weighted by molar-refractivity contribution is 5.79. The van der Waals surface area contributed by atoms with Crippen LogP contribution in [0.1, 0.15) is 12.8 Å². The molecule has 0 saturated carbocycles. The van der Waals surface area contributed by atoms with Crippen LogP contribution in [0.4, 0.5) is 0 Å². The third-order valence-corrected chi connectivity index (χ3v) is 3.27. The van der Waals surface area contributed by atoms with Crippen LogP contribution in [0.2, 0.25) is 0 Å². The molecule has 3 rings (SSSR count). The molecule has 0 unspecified atom stereocenters. The van der Waals surface area contributed by atoms with Gasteiger partial charge in [-0.05, 0) is 30.5 Å². The average Bonchev–Trinajstić information content (AvgIpc) is 2.48. The van der Waals surface area contributed by atoms with Crippen LogP contribution in [-0.4, -0.2) is 11.6 Å². The van der Waals surface area contributed by atoms with E-state index in [1.807, 2.05) is 30.3 Å². The van der Waals surface area contributed by atoms with E-state index >= 15 is 0 Å². The second-order valence-electron chi connectivity index (χ2n) is 4.61. The summed E-state index contributed by atoms with van der Waals surface area (Å²) in [5, 5.41) is 0.664. The van der Waals surface area contributed by atoms with Crippen LogP contribution in [0.25, 0.3) is 10.9 Å². The van der Waals surface area contributed by atoms with E-state index in [-0.39, 0.29) is 5.43 Å². The fourth-order valence-electron chi connectivity index (χ4n) is 2.20. The predicted molar refractivity (Wildman–Crippen MR) is 76.5 cm³/mol. The van der Waals surface area contributed by atoms with E-state index in [0.717, 1.165) is 18.4 Å². The van der Waals surface area contributed by atoms with Crippen molar-refractivity contribution in [2.24, 2.45) is 0 Å². The average molecular weight is 253 g/mol. The lowest BCUT2D eigenvalue weighted by Gasteiger charge is -2.10. The van der Waals surface area contributed by atoms with Gasteiger partial charge in [-0.25, -0.2) is 0 Å². The highest BCUT2D eigenvalue weighted by Gasteiger charge is 2.07. The van der Waals surface area contributed by atoms with Crippen molar-refractivity contribution in [1.29, 1.82) is 0 Å². The number of rotatable bonds is 3. The Hall–Kier alpha value is -2.29. The molecule has 0 amide bonds. The van der Waals surface area contributed by atoms with E-state index < -0.39 is 0 Å². The van der Waals surface area contributed by atoms with Crippen LogP contribution >= 0.6 is 0 Å². The lowest BCUT2D eigenvalue weighted by Crippen LogP contribution is -2.11. The fraction of sp³-hybridized carbons (Fsp3) is 0.188. The zero-order valence-electron chi connectivity index (χ0n) is 10.6. The van der Waals surface area contributed by atoms with Gasteiger partial charge < -0.3 is 9.72 Å². The third kappa shape index (κ3) is 2.45. The molecule has 96 valence electrons. The Bertz CT molecular complexity index is 710. The van der Waals surface area contributed by atoms with Crippen LogP contribution in [0.5, 0.6) is 5.75 Å². The van der Waals surface area contributed by atoms with Crippen molar-refractivity contribution >= 4 is 10.9 Å². The molecular formula is C16H15NO2. The number of pyridine rings is 1. The van der Waals surface area contributed by atoms with Crippen molar-refractivity contribution in [1.82, 2.24) is 4.98 Å². The molecule has 0 radical (unpaired) electrons. The molecule has 19 heavy (non-hydrogen) atoms. The van der Waals surface area contributed by atoms with Crippen LogP contribution in [-0.2, 0) is 0 Å². The van der Waals surface area contributed by atoms with Gasteiger partial charge in [0, 0.05) is 17.1 Å². The van der Waals surface area contributed by atoms with E-state index in [2.05, 4.69) is 17.1 Å². The molecule has 0 saturated heterocycles. The van der Waals surface area contributed by atoms with Crippen molar-refractivity contribution in [3.8, 4) is 5.75 Å². The van der Waals surface area contributed by atoms with Gasteiger partial charge in [0.05, 0.1) is 0 Å². The summed E-state index contributed by atoms with van der Waals surface area (Å²) < 4.78 is 5.64. The molecule has 0 fully saturated rings. The van der Waals surface area contributed by atoms with E-state index in [1.54, 1.807) is 6.20 Å². The number of allylic oxidation sites excluding steroid dienone is 3. The molecule has 1 aliphatic rings. The van der Waals surface area contributed by atoms with Gasteiger partial charge in [-0.2, -0.15) is 0 Å². The van der Waals surface area contributed by atoms with Gasteiger partial charge >= 0.3 is 0 Å². The summed E-state index contributed by atoms with van der Waals surface area (Å²) in [6.07, 6.45) is 9.91. The lowest BCUT2D eigenvalue weighted by molar-refractivity contribution is 0.343. The fourth-order valence-corrected chi connectivity index (χ4v) is 2.20. The summed E-state index contributed by atoms with van der Waals surface area (Å²) in [7, 11) is 0. The maximum absolute atomic E-state index is 12.2. The predicted octanol–water partition coefficient (Wildman–Crippen LogP) is 3.18. The molecule has 1 N–H and O–H groups in total. The SMILES string of the molecule is O=c1c(OCC2=CC=CCC2)c[nH]c2ccccc12. The third-order valence-electron chi connectivity index (χ3n) is 3.27. The molecular weight excluding hydrogens is 238 g/mol. The van der Waals surface area contributed by atoms with Crippen molar-refractivity contribution in [2.45, 2.75) is 12.8 Å². The molecule has 1 heterocycles. The Morgan fingerprint density at radius 2 is 2.16 bits per heavy atom. The minimum Gasteiger partial charge on any atom is -0.484 e. The molecule has 1 aromatic heterocycles. The van der Waals surface area contributed by atoms with Gasteiger partial charge in [-0.1, -0.05) is 30.4 Å². The van der Waals surface area contributed by atoms with Crippen molar-refractivity contribution in [3.63, 3.8) is 0 Å². The van der Waals surface area contributed by atoms with Crippen LogP contribution in [0, 0.1) is 0 Å². The number of ether oxygens (including phenoxy) is 1. The summed E-state index contributed by atoms with van der Waals surface area (Å²) in [5.41, 5.74) is 2.00. The molecule has 0 bridgehead atoms. The number of hydrogen-bond acceptors (Lipinski definition) is 2.